The van der Waals surface area contributed by atoms with E-state index in [2.05, 4.69) is 29.9 Å². The molecule has 2 aromatic rings. The standard InChI is InChI=1S/C9H12N6OS/c1-17-9-13-6(10)4-8(14-9)11-3-2-7-12-5-16-15-7/h4-5H,2-3H2,1H3,(H3,10,11,13,14). The molecule has 0 aliphatic rings. The molecule has 0 amide bonds. The van der Waals surface area contributed by atoms with Crippen LogP contribution in [0.4, 0.5) is 11.6 Å². The molecule has 2 aromatic heterocycles. The third-order valence-electron chi connectivity index (χ3n) is 1.97. The number of nitrogens with zero attached hydrogens (tertiary/aromatic N) is 4. The van der Waals surface area contributed by atoms with Crippen molar-refractivity contribution in [3.05, 3.63) is 18.3 Å². The molecule has 2 heterocycles. The molecular formula is C9H12N6OS. The molecule has 0 unspecified atom stereocenters. The lowest BCUT2D eigenvalue weighted by molar-refractivity contribution is 0.410. The van der Waals surface area contributed by atoms with Gasteiger partial charge in [-0.25, -0.2) is 9.97 Å². The second-order valence-corrected chi connectivity index (χ2v) is 3.96. The zero-order valence-corrected chi connectivity index (χ0v) is 10.1. The normalized spacial score (nSPS) is 10.4. The lowest BCUT2D eigenvalue weighted by Gasteiger charge is -2.05. The van der Waals surface area contributed by atoms with Crippen LogP contribution in [0.5, 0.6) is 0 Å². The van der Waals surface area contributed by atoms with Crippen molar-refractivity contribution in [3.63, 3.8) is 0 Å². The molecule has 2 rings (SSSR count). The summed E-state index contributed by atoms with van der Waals surface area (Å²) in [7, 11) is 0. The first kappa shape index (κ1) is 11.6. The molecule has 0 aliphatic heterocycles. The second kappa shape index (κ2) is 5.48. The molecule has 3 N–H and O–H groups in total. The first-order valence-electron chi connectivity index (χ1n) is 4.95. The Morgan fingerprint density at radius 3 is 3.06 bits per heavy atom. The van der Waals surface area contributed by atoms with Gasteiger partial charge in [-0.15, -0.1) is 0 Å². The highest BCUT2D eigenvalue weighted by atomic mass is 32.2. The number of hydrogen-bond donors (Lipinski definition) is 2. The average molecular weight is 252 g/mol. The van der Waals surface area contributed by atoms with E-state index in [0.29, 0.717) is 35.6 Å². The van der Waals surface area contributed by atoms with Crippen LogP contribution in [0.2, 0.25) is 0 Å². The molecule has 0 saturated carbocycles. The predicted octanol–water partition coefficient (Wildman–Crippen LogP) is 0.818. The Morgan fingerprint density at radius 1 is 1.47 bits per heavy atom. The van der Waals surface area contributed by atoms with Gasteiger partial charge in [-0.1, -0.05) is 16.9 Å². The largest absolute Gasteiger partial charge is 0.383 e. The van der Waals surface area contributed by atoms with E-state index in [1.54, 1.807) is 6.07 Å². The number of hydrogen-bond acceptors (Lipinski definition) is 8. The third-order valence-corrected chi connectivity index (χ3v) is 2.52. The predicted molar refractivity (Wildman–Crippen MR) is 64.7 cm³/mol. The van der Waals surface area contributed by atoms with Crippen molar-refractivity contribution >= 4 is 23.4 Å². The van der Waals surface area contributed by atoms with E-state index in [-0.39, 0.29) is 0 Å². The molecule has 0 aliphatic carbocycles. The van der Waals surface area contributed by atoms with Gasteiger partial charge in [-0.2, -0.15) is 4.98 Å². The fourth-order valence-electron chi connectivity index (χ4n) is 1.23. The highest BCUT2D eigenvalue weighted by molar-refractivity contribution is 7.98. The molecule has 7 nitrogen and oxygen atoms in total. The van der Waals surface area contributed by atoms with Crippen LogP contribution in [0.3, 0.4) is 0 Å². The second-order valence-electron chi connectivity index (χ2n) is 3.19. The van der Waals surface area contributed by atoms with Gasteiger partial charge < -0.3 is 15.6 Å². The van der Waals surface area contributed by atoms with Gasteiger partial charge in [0.15, 0.2) is 11.0 Å². The van der Waals surface area contributed by atoms with E-state index in [1.807, 2.05) is 6.26 Å². The molecule has 0 bridgehead atoms. The molecule has 0 saturated heterocycles. The van der Waals surface area contributed by atoms with E-state index in [9.17, 15) is 0 Å². The molecule has 8 heteroatoms. The highest BCUT2D eigenvalue weighted by Gasteiger charge is 2.02. The fraction of sp³-hybridized carbons (Fsp3) is 0.333. The van der Waals surface area contributed by atoms with E-state index in [4.69, 9.17) is 5.73 Å². The summed E-state index contributed by atoms with van der Waals surface area (Å²) in [6.07, 6.45) is 3.87. The Bertz CT molecular complexity index is 474. The van der Waals surface area contributed by atoms with Crippen LogP contribution in [0, 0.1) is 0 Å². The minimum atomic E-state index is 0.450. The summed E-state index contributed by atoms with van der Waals surface area (Å²) in [5.74, 6) is 1.81. The van der Waals surface area contributed by atoms with Crippen LogP contribution in [0.1, 0.15) is 5.82 Å². The molecule has 0 spiro atoms. The van der Waals surface area contributed by atoms with Crippen molar-refractivity contribution in [2.24, 2.45) is 0 Å². The molecule has 0 fully saturated rings. The minimum Gasteiger partial charge on any atom is -0.383 e. The lowest BCUT2D eigenvalue weighted by atomic mass is 10.4. The Morgan fingerprint density at radius 2 is 2.35 bits per heavy atom. The Labute approximate surface area is 102 Å². The first-order chi connectivity index (χ1) is 8.28. The topological polar surface area (TPSA) is 103 Å². The first-order valence-corrected chi connectivity index (χ1v) is 6.18. The summed E-state index contributed by atoms with van der Waals surface area (Å²) >= 11 is 1.45. The summed E-state index contributed by atoms with van der Waals surface area (Å²) in [4.78, 5) is 12.2. The van der Waals surface area contributed by atoms with Crippen molar-refractivity contribution < 1.29 is 4.52 Å². The minimum absolute atomic E-state index is 0.450. The van der Waals surface area contributed by atoms with Crippen molar-refractivity contribution in [2.45, 2.75) is 11.6 Å². The summed E-state index contributed by atoms with van der Waals surface area (Å²) in [5.41, 5.74) is 5.66. The van der Waals surface area contributed by atoms with Gasteiger partial charge in [0.05, 0.1) is 0 Å². The van der Waals surface area contributed by atoms with Crippen molar-refractivity contribution in [1.29, 1.82) is 0 Å². The zero-order valence-electron chi connectivity index (χ0n) is 9.25. The number of nitrogens with two attached hydrogens (primary N) is 1. The van der Waals surface area contributed by atoms with Gasteiger partial charge in [0.2, 0.25) is 6.39 Å². The van der Waals surface area contributed by atoms with Gasteiger partial charge in [-0.3, -0.25) is 0 Å². The Hall–Kier alpha value is -1.83. The molecule has 0 aromatic carbocycles. The van der Waals surface area contributed by atoms with E-state index >= 15 is 0 Å². The van der Waals surface area contributed by atoms with Crippen LogP contribution in [0.15, 0.2) is 22.1 Å². The number of rotatable bonds is 5. The lowest BCUT2D eigenvalue weighted by Crippen LogP contribution is -2.08. The smallest absolute Gasteiger partial charge is 0.213 e. The quantitative estimate of drug-likeness (QED) is 0.595. The van der Waals surface area contributed by atoms with Crippen molar-refractivity contribution in [2.75, 3.05) is 23.9 Å². The van der Waals surface area contributed by atoms with Gasteiger partial charge in [0, 0.05) is 19.0 Å². The summed E-state index contributed by atoms with van der Waals surface area (Å²) in [6, 6.07) is 1.69. The van der Waals surface area contributed by atoms with E-state index < -0.39 is 0 Å². The Kier molecular flexibility index (Phi) is 3.76. The summed E-state index contributed by atoms with van der Waals surface area (Å²) in [6.45, 7) is 0.657. The van der Waals surface area contributed by atoms with Gasteiger partial charge >= 0.3 is 0 Å². The number of thioether (sulfide) groups is 1. The Balaban J connectivity index is 1.92. The number of nitrogens with one attached hydrogen (secondary N) is 1. The monoisotopic (exact) mass is 252 g/mol. The van der Waals surface area contributed by atoms with Gasteiger partial charge in [-0.05, 0) is 6.26 Å². The molecular weight excluding hydrogens is 240 g/mol. The molecule has 17 heavy (non-hydrogen) atoms. The molecule has 0 atom stereocenters. The summed E-state index contributed by atoms with van der Waals surface area (Å²) in [5, 5.41) is 7.49. The maximum absolute atomic E-state index is 5.66. The maximum Gasteiger partial charge on any atom is 0.213 e. The van der Waals surface area contributed by atoms with Crippen molar-refractivity contribution in [1.82, 2.24) is 20.1 Å². The average Bonchev–Trinajstić information content (AvgIpc) is 2.81. The van der Waals surface area contributed by atoms with Crippen LogP contribution in [-0.2, 0) is 6.42 Å². The van der Waals surface area contributed by atoms with Crippen LogP contribution >= 0.6 is 11.8 Å². The van der Waals surface area contributed by atoms with Crippen molar-refractivity contribution in [3.8, 4) is 0 Å². The van der Waals surface area contributed by atoms with Gasteiger partial charge in [0.1, 0.15) is 11.6 Å². The van der Waals surface area contributed by atoms with Crippen LogP contribution in [-0.4, -0.2) is 32.9 Å². The maximum atomic E-state index is 5.66. The van der Waals surface area contributed by atoms with Crippen LogP contribution in [0.25, 0.3) is 0 Å². The highest BCUT2D eigenvalue weighted by Crippen LogP contribution is 2.14. The van der Waals surface area contributed by atoms with Gasteiger partial charge in [0.25, 0.3) is 0 Å². The SMILES string of the molecule is CSc1nc(N)cc(NCCc2ncon2)n1. The zero-order chi connectivity index (χ0) is 12.1. The van der Waals surface area contributed by atoms with Crippen LogP contribution < -0.4 is 11.1 Å². The molecule has 90 valence electrons. The fourth-order valence-corrected chi connectivity index (χ4v) is 1.62. The van der Waals surface area contributed by atoms with E-state index in [1.165, 1.54) is 18.2 Å². The summed E-state index contributed by atoms with van der Waals surface area (Å²) < 4.78 is 4.64. The number of nitrogen functional groups attached to an aromatic ring is 1. The van der Waals surface area contributed by atoms with E-state index in [0.717, 1.165) is 0 Å². The molecule has 0 radical (unpaired) electrons. The number of aromatic nitrogens is 4. The number of anilines is 2. The third kappa shape index (κ3) is 3.31.